The smallest absolute Gasteiger partial charge is 0.143 e. The van der Waals surface area contributed by atoms with Gasteiger partial charge in [0.1, 0.15) is 11.9 Å². The van der Waals surface area contributed by atoms with Crippen LogP contribution < -0.4 is 5.32 Å². The van der Waals surface area contributed by atoms with Crippen LogP contribution in [-0.2, 0) is 0 Å². The second kappa shape index (κ2) is 5.67. The third kappa shape index (κ3) is 3.32. The highest BCUT2D eigenvalue weighted by atomic mass is 19.1. The number of hydrogen-bond donors (Lipinski definition) is 1. The molecule has 0 aromatic heterocycles. The molecule has 1 aromatic rings. The first-order valence-corrected chi connectivity index (χ1v) is 4.61. The summed E-state index contributed by atoms with van der Waals surface area (Å²) in [6.07, 6.45) is 0.720. The number of nitriles is 1. The first kappa shape index (κ1) is 11.1. The van der Waals surface area contributed by atoms with E-state index in [1.54, 1.807) is 19.1 Å². The average Bonchev–Trinajstić information content (AvgIpc) is 2.25. The zero-order chi connectivity index (χ0) is 11.1. The van der Waals surface area contributed by atoms with Crippen molar-refractivity contribution in [1.82, 2.24) is 0 Å². The number of halogens is 1. The molecule has 1 aromatic carbocycles. The van der Waals surface area contributed by atoms with Gasteiger partial charge in [0.15, 0.2) is 0 Å². The number of anilines is 1. The van der Waals surface area contributed by atoms with Crippen LogP contribution in [0.25, 0.3) is 0 Å². The van der Waals surface area contributed by atoms with Crippen molar-refractivity contribution in [2.45, 2.75) is 13.3 Å². The van der Waals surface area contributed by atoms with Gasteiger partial charge in [-0.15, -0.1) is 11.8 Å². The quantitative estimate of drug-likeness (QED) is 0.604. The van der Waals surface area contributed by atoms with E-state index in [2.05, 4.69) is 17.2 Å². The van der Waals surface area contributed by atoms with Crippen LogP contribution >= 0.6 is 0 Å². The lowest BCUT2D eigenvalue weighted by Crippen LogP contribution is -2.00. The molecule has 15 heavy (non-hydrogen) atoms. The van der Waals surface area contributed by atoms with Crippen molar-refractivity contribution in [1.29, 1.82) is 5.26 Å². The fourth-order valence-corrected chi connectivity index (χ4v) is 1.11. The number of benzene rings is 1. The Bertz CT molecular complexity index is 435. The molecule has 76 valence electrons. The molecule has 2 nitrogen and oxygen atoms in total. The minimum Gasteiger partial charge on any atom is -0.384 e. The van der Waals surface area contributed by atoms with Gasteiger partial charge in [0, 0.05) is 18.7 Å². The molecule has 0 radical (unpaired) electrons. The maximum atomic E-state index is 13.1. The maximum Gasteiger partial charge on any atom is 0.143 e. The summed E-state index contributed by atoms with van der Waals surface area (Å²) in [4.78, 5) is 0. The first-order chi connectivity index (χ1) is 7.27. The highest BCUT2D eigenvalue weighted by Gasteiger charge is 2.01. The van der Waals surface area contributed by atoms with E-state index in [0.29, 0.717) is 12.2 Å². The lowest BCUT2D eigenvalue weighted by Gasteiger charge is -2.04. The molecule has 0 spiro atoms. The minimum absolute atomic E-state index is 0.0638. The topological polar surface area (TPSA) is 35.8 Å². The molecule has 0 saturated heterocycles. The van der Waals surface area contributed by atoms with E-state index in [4.69, 9.17) is 5.26 Å². The van der Waals surface area contributed by atoms with Crippen LogP contribution in [0, 0.1) is 29.0 Å². The van der Waals surface area contributed by atoms with E-state index in [-0.39, 0.29) is 5.56 Å². The molecule has 0 aliphatic heterocycles. The zero-order valence-electron chi connectivity index (χ0n) is 8.47. The van der Waals surface area contributed by atoms with Gasteiger partial charge in [0.2, 0.25) is 0 Å². The lowest BCUT2D eigenvalue weighted by molar-refractivity contribution is 0.624. The van der Waals surface area contributed by atoms with Gasteiger partial charge in [0.05, 0.1) is 5.56 Å². The molecule has 1 N–H and O–H groups in total. The van der Waals surface area contributed by atoms with Crippen molar-refractivity contribution in [3.8, 4) is 17.9 Å². The predicted molar refractivity (Wildman–Crippen MR) is 57.7 cm³/mol. The maximum absolute atomic E-state index is 13.1. The fourth-order valence-electron chi connectivity index (χ4n) is 1.11. The van der Waals surface area contributed by atoms with Crippen LogP contribution in [0.5, 0.6) is 0 Å². The molecule has 0 amide bonds. The zero-order valence-corrected chi connectivity index (χ0v) is 8.47. The second-order valence-electron chi connectivity index (χ2n) is 2.91. The van der Waals surface area contributed by atoms with Crippen LogP contribution in [0.2, 0.25) is 0 Å². The Morgan fingerprint density at radius 2 is 2.27 bits per heavy atom. The van der Waals surface area contributed by atoms with Crippen LogP contribution in [0.15, 0.2) is 18.2 Å². The van der Waals surface area contributed by atoms with Crippen molar-refractivity contribution in [2.75, 3.05) is 11.9 Å². The predicted octanol–water partition coefficient (Wildman–Crippen LogP) is 2.52. The van der Waals surface area contributed by atoms with Crippen molar-refractivity contribution < 1.29 is 4.39 Å². The standard InChI is InChI=1S/C12H11FN2/c1-2-3-4-7-15-11-6-5-10(9-14)12(13)8-11/h5-6,8,15H,4,7H2,1H3. The summed E-state index contributed by atoms with van der Waals surface area (Å²) in [7, 11) is 0. The Labute approximate surface area is 88.7 Å². The number of nitrogens with one attached hydrogen (secondary N) is 1. The van der Waals surface area contributed by atoms with Gasteiger partial charge in [0.25, 0.3) is 0 Å². The van der Waals surface area contributed by atoms with Crippen molar-refractivity contribution >= 4 is 5.69 Å². The Kier molecular flexibility index (Phi) is 4.19. The SMILES string of the molecule is CC#CCCNc1ccc(C#N)c(F)c1. The van der Waals surface area contributed by atoms with Crippen LogP contribution in [-0.4, -0.2) is 6.54 Å². The van der Waals surface area contributed by atoms with Gasteiger partial charge < -0.3 is 5.32 Å². The molecule has 0 fully saturated rings. The van der Waals surface area contributed by atoms with Gasteiger partial charge >= 0.3 is 0 Å². The van der Waals surface area contributed by atoms with Crippen molar-refractivity contribution in [3.63, 3.8) is 0 Å². The second-order valence-corrected chi connectivity index (χ2v) is 2.91. The van der Waals surface area contributed by atoms with E-state index in [9.17, 15) is 4.39 Å². The van der Waals surface area contributed by atoms with Gasteiger partial charge in [-0.25, -0.2) is 4.39 Å². The normalized spacial score (nSPS) is 8.60. The summed E-state index contributed by atoms with van der Waals surface area (Å²) >= 11 is 0. The molecule has 0 saturated carbocycles. The third-order valence-corrected chi connectivity index (χ3v) is 1.85. The summed E-state index contributed by atoms with van der Waals surface area (Å²) in [5.74, 6) is 5.18. The molecule has 0 bridgehead atoms. The van der Waals surface area contributed by atoms with Crippen molar-refractivity contribution in [3.05, 3.63) is 29.6 Å². The highest BCUT2D eigenvalue weighted by Crippen LogP contribution is 2.13. The number of nitrogens with zero attached hydrogens (tertiary/aromatic N) is 1. The van der Waals surface area contributed by atoms with Crippen LogP contribution in [0.1, 0.15) is 18.9 Å². The summed E-state index contributed by atoms with van der Waals surface area (Å²) in [5.41, 5.74) is 0.735. The first-order valence-electron chi connectivity index (χ1n) is 4.61. The fraction of sp³-hybridized carbons (Fsp3) is 0.250. The lowest BCUT2D eigenvalue weighted by atomic mass is 10.2. The summed E-state index contributed by atoms with van der Waals surface area (Å²) < 4.78 is 13.1. The Morgan fingerprint density at radius 3 is 2.87 bits per heavy atom. The van der Waals surface area contributed by atoms with E-state index in [0.717, 1.165) is 6.42 Å². The molecule has 0 aliphatic carbocycles. The highest BCUT2D eigenvalue weighted by molar-refractivity contribution is 5.48. The summed E-state index contributed by atoms with van der Waals surface area (Å²) in [6.45, 7) is 2.45. The molecule has 0 unspecified atom stereocenters. The average molecular weight is 202 g/mol. The monoisotopic (exact) mass is 202 g/mol. The van der Waals surface area contributed by atoms with E-state index in [1.807, 2.05) is 0 Å². The van der Waals surface area contributed by atoms with Crippen molar-refractivity contribution in [2.24, 2.45) is 0 Å². The largest absolute Gasteiger partial charge is 0.384 e. The van der Waals surface area contributed by atoms with Gasteiger partial charge in [-0.05, 0) is 25.1 Å². The van der Waals surface area contributed by atoms with Gasteiger partial charge in [-0.2, -0.15) is 5.26 Å². The van der Waals surface area contributed by atoms with Gasteiger partial charge in [-0.1, -0.05) is 0 Å². The summed E-state index contributed by atoms with van der Waals surface area (Å²) in [5, 5.41) is 11.5. The molecular formula is C12H11FN2. The van der Waals surface area contributed by atoms with E-state index >= 15 is 0 Å². The molecule has 3 heteroatoms. The molecule has 0 aliphatic rings. The minimum atomic E-state index is -0.496. The summed E-state index contributed by atoms with van der Waals surface area (Å²) in [6, 6.07) is 6.23. The molecule has 0 atom stereocenters. The molecule has 1 rings (SSSR count). The van der Waals surface area contributed by atoms with Gasteiger partial charge in [-0.3, -0.25) is 0 Å². The Balaban J connectivity index is 2.59. The van der Waals surface area contributed by atoms with Crippen LogP contribution in [0.3, 0.4) is 0 Å². The van der Waals surface area contributed by atoms with E-state index in [1.165, 1.54) is 12.1 Å². The van der Waals surface area contributed by atoms with Crippen LogP contribution in [0.4, 0.5) is 10.1 Å². The Hall–Kier alpha value is -2.00. The van der Waals surface area contributed by atoms with E-state index < -0.39 is 5.82 Å². The third-order valence-electron chi connectivity index (χ3n) is 1.85. The number of rotatable bonds is 3. The molecular weight excluding hydrogens is 191 g/mol. The Morgan fingerprint density at radius 1 is 1.47 bits per heavy atom. The number of hydrogen-bond acceptors (Lipinski definition) is 2. The molecule has 0 heterocycles.